The van der Waals surface area contributed by atoms with Crippen molar-refractivity contribution in [2.24, 2.45) is 0 Å². The van der Waals surface area contributed by atoms with Crippen molar-refractivity contribution < 1.29 is 0 Å². The highest BCUT2D eigenvalue weighted by Crippen LogP contribution is 2.33. The second-order valence-electron chi connectivity index (χ2n) is 8.57. The number of hydrogen-bond acceptors (Lipinski definition) is 5. The summed E-state index contributed by atoms with van der Waals surface area (Å²) in [5.41, 5.74) is 8.50. The predicted octanol–water partition coefficient (Wildman–Crippen LogP) is 4.23. The second kappa shape index (κ2) is 7.46. The molecule has 3 aromatic heterocycles. The van der Waals surface area contributed by atoms with Crippen LogP contribution in [0.5, 0.6) is 0 Å². The van der Waals surface area contributed by atoms with Crippen molar-refractivity contribution in [1.82, 2.24) is 30.0 Å². The third-order valence-electron chi connectivity index (χ3n) is 6.47. The Morgan fingerprint density at radius 2 is 1.84 bits per heavy atom. The number of fused-ring (bicyclic) bond motifs is 2. The molecule has 7 nitrogen and oxygen atoms in total. The summed E-state index contributed by atoms with van der Waals surface area (Å²) in [4.78, 5) is 17.6. The molecule has 1 saturated heterocycles. The average molecular weight is 424 g/mol. The Morgan fingerprint density at radius 3 is 2.69 bits per heavy atom. The van der Waals surface area contributed by atoms with E-state index in [0.29, 0.717) is 0 Å². The van der Waals surface area contributed by atoms with Gasteiger partial charge in [0.2, 0.25) is 0 Å². The lowest BCUT2D eigenvalue weighted by Gasteiger charge is -2.34. The van der Waals surface area contributed by atoms with E-state index in [1.807, 2.05) is 18.5 Å². The molecule has 0 amide bonds. The standard InChI is InChI=1S/C25H25N7/c1-16-8-9-26-15-19(16)17-6-7-20-18(14-17)23(30-29-20)25-27-21-4-3-5-22(24(21)28-25)32-12-10-31(2)11-13-32/h3-9,14-15H,10-13H2,1-2H3,(H,27,28)(H,29,30). The summed E-state index contributed by atoms with van der Waals surface area (Å²) in [6, 6.07) is 14.8. The molecule has 0 radical (unpaired) electrons. The number of anilines is 1. The van der Waals surface area contributed by atoms with Gasteiger partial charge in [-0.15, -0.1) is 0 Å². The van der Waals surface area contributed by atoms with E-state index in [4.69, 9.17) is 4.98 Å². The number of rotatable bonds is 3. The second-order valence-corrected chi connectivity index (χ2v) is 8.57. The number of imidazole rings is 1. The highest BCUT2D eigenvalue weighted by molar-refractivity contribution is 5.97. The Bertz CT molecular complexity index is 1420. The van der Waals surface area contributed by atoms with Crippen LogP contribution in [0.2, 0.25) is 0 Å². The number of aromatic amines is 2. The number of H-pyrrole nitrogens is 2. The number of pyridine rings is 1. The van der Waals surface area contributed by atoms with Crippen molar-refractivity contribution >= 4 is 27.6 Å². The van der Waals surface area contributed by atoms with E-state index in [1.165, 1.54) is 11.3 Å². The fourth-order valence-corrected chi connectivity index (χ4v) is 4.56. The van der Waals surface area contributed by atoms with E-state index in [-0.39, 0.29) is 0 Å². The van der Waals surface area contributed by atoms with Crippen LogP contribution in [0.1, 0.15) is 5.56 Å². The van der Waals surface area contributed by atoms with Gasteiger partial charge in [-0.3, -0.25) is 10.1 Å². The van der Waals surface area contributed by atoms with Gasteiger partial charge in [0.05, 0.1) is 16.7 Å². The Labute approximate surface area is 186 Å². The number of nitrogens with one attached hydrogen (secondary N) is 2. The normalized spacial score (nSPS) is 15.1. The molecular weight excluding hydrogens is 398 g/mol. The zero-order valence-electron chi connectivity index (χ0n) is 18.3. The number of likely N-dealkylation sites (N-methyl/N-ethyl adjacent to an activating group) is 1. The quantitative estimate of drug-likeness (QED) is 0.454. The first-order valence-corrected chi connectivity index (χ1v) is 11.0. The zero-order valence-corrected chi connectivity index (χ0v) is 18.3. The summed E-state index contributed by atoms with van der Waals surface area (Å²) >= 11 is 0. The summed E-state index contributed by atoms with van der Waals surface area (Å²) in [5.74, 6) is 0.785. The molecule has 160 valence electrons. The lowest BCUT2D eigenvalue weighted by Crippen LogP contribution is -2.44. The Morgan fingerprint density at radius 1 is 0.969 bits per heavy atom. The van der Waals surface area contributed by atoms with Crippen LogP contribution in [0.3, 0.4) is 0 Å². The molecular formula is C25H25N7. The molecule has 2 N–H and O–H groups in total. The predicted molar refractivity (Wildman–Crippen MR) is 129 cm³/mol. The number of aryl methyl sites for hydroxylation is 1. The largest absolute Gasteiger partial charge is 0.367 e. The van der Waals surface area contributed by atoms with E-state index in [2.05, 4.69) is 80.3 Å². The van der Waals surface area contributed by atoms with Gasteiger partial charge >= 0.3 is 0 Å². The van der Waals surface area contributed by atoms with Crippen molar-refractivity contribution in [3.05, 3.63) is 60.4 Å². The molecule has 7 heteroatoms. The van der Waals surface area contributed by atoms with Gasteiger partial charge in [0.15, 0.2) is 5.82 Å². The lowest BCUT2D eigenvalue weighted by molar-refractivity contribution is 0.313. The van der Waals surface area contributed by atoms with Crippen molar-refractivity contribution in [3.63, 3.8) is 0 Å². The summed E-state index contributed by atoms with van der Waals surface area (Å²) in [7, 11) is 2.18. The molecule has 0 unspecified atom stereocenters. The van der Waals surface area contributed by atoms with Crippen molar-refractivity contribution in [3.8, 4) is 22.6 Å². The first-order chi connectivity index (χ1) is 15.7. The maximum Gasteiger partial charge on any atom is 0.159 e. The van der Waals surface area contributed by atoms with Crippen molar-refractivity contribution in [2.75, 3.05) is 38.1 Å². The van der Waals surface area contributed by atoms with Crippen LogP contribution >= 0.6 is 0 Å². The number of nitrogens with zero attached hydrogens (tertiary/aromatic N) is 5. The van der Waals surface area contributed by atoms with Crippen LogP contribution in [0, 0.1) is 6.92 Å². The molecule has 6 rings (SSSR count). The van der Waals surface area contributed by atoms with E-state index in [0.717, 1.165) is 70.8 Å². The van der Waals surface area contributed by atoms with Crippen LogP contribution in [0.4, 0.5) is 5.69 Å². The Kier molecular flexibility index (Phi) is 4.43. The summed E-state index contributed by atoms with van der Waals surface area (Å²) < 4.78 is 0. The van der Waals surface area contributed by atoms with Gasteiger partial charge in [-0.05, 0) is 55.4 Å². The van der Waals surface area contributed by atoms with Crippen LogP contribution in [-0.2, 0) is 0 Å². The molecule has 1 fully saturated rings. The number of piperazine rings is 1. The Balaban J connectivity index is 1.45. The molecule has 1 aliphatic rings. The first kappa shape index (κ1) is 19.0. The molecule has 0 spiro atoms. The highest BCUT2D eigenvalue weighted by atomic mass is 15.3. The smallest absolute Gasteiger partial charge is 0.159 e. The molecule has 0 bridgehead atoms. The maximum atomic E-state index is 5.01. The molecule has 0 aliphatic carbocycles. The number of aromatic nitrogens is 5. The summed E-state index contributed by atoms with van der Waals surface area (Å²) in [6.45, 7) is 6.26. The molecule has 2 aromatic carbocycles. The molecule has 0 atom stereocenters. The van der Waals surface area contributed by atoms with Gasteiger partial charge in [-0.1, -0.05) is 12.1 Å². The highest BCUT2D eigenvalue weighted by Gasteiger charge is 2.20. The lowest BCUT2D eigenvalue weighted by atomic mass is 10.0. The van der Waals surface area contributed by atoms with Gasteiger partial charge in [0.25, 0.3) is 0 Å². The van der Waals surface area contributed by atoms with Crippen LogP contribution in [-0.4, -0.2) is 63.3 Å². The van der Waals surface area contributed by atoms with Crippen LogP contribution < -0.4 is 4.90 Å². The van der Waals surface area contributed by atoms with Gasteiger partial charge in [0, 0.05) is 49.5 Å². The van der Waals surface area contributed by atoms with Gasteiger partial charge in [0.1, 0.15) is 11.2 Å². The summed E-state index contributed by atoms with van der Waals surface area (Å²) in [5, 5.41) is 8.83. The van der Waals surface area contributed by atoms with Crippen LogP contribution in [0.25, 0.3) is 44.6 Å². The molecule has 0 saturated carbocycles. The summed E-state index contributed by atoms with van der Waals surface area (Å²) in [6.07, 6.45) is 3.74. The zero-order chi connectivity index (χ0) is 21.7. The number of benzene rings is 2. The first-order valence-electron chi connectivity index (χ1n) is 11.0. The van der Waals surface area contributed by atoms with E-state index in [9.17, 15) is 0 Å². The third kappa shape index (κ3) is 3.13. The molecule has 5 aromatic rings. The minimum Gasteiger partial charge on any atom is -0.367 e. The SMILES string of the molecule is Cc1ccncc1-c1ccc2[nH]nc(-c3nc4c(N5CCN(C)CC5)cccc4[nH]3)c2c1. The van der Waals surface area contributed by atoms with Gasteiger partial charge < -0.3 is 14.8 Å². The fraction of sp³-hybridized carbons (Fsp3) is 0.240. The number of hydrogen-bond donors (Lipinski definition) is 2. The fourth-order valence-electron chi connectivity index (χ4n) is 4.56. The van der Waals surface area contributed by atoms with E-state index < -0.39 is 0 Å². The minimum absolute atomic E-state index is 0.785. The average Bonchev–Trinajstić information content (AvgIpc) is 3.43. The minimum atomic E-state index is 0.785. The van der Waals surface area contributed by atoms with Crippen LogP contribution in [0.15, 0.2) is 54.9 Å². The van der Waals surface area contributed by atoms with E-state index in [1.54, 1.807) is 0 Å². The maximum absolute atomic E-state index is 5.01. The van der Waals surface area contributed by atoms with Crippen molar-refractivity contribution in [1.29, 1.82) is 0 Å². The monoisotopic (exact) mass is 423 g/mol. The molecule has 1 aliphatic heterocycles. The van der Waals surface area contributed by atoms with Gasteiger partial charge in [-0.2, -0.15) is 5.10 Å². The van der Waals surface area contributed by atoms with Crippen molar-refractivity contribution in [2.45, 2.75) is 6.92 Å². The number of para-hydroxylation sites is 1. The Hall–Kier alpha value is -3.71. The third-order valence-corrected chi connectivity index (χ3v) is 6.47. The molecule has 4 heterocycles. The topological polar surface area (TPSA) is 76.7 Å². The van der Waals surface area contributed by atoms with Gasteiger partial charge in [-0.25, -0.2) is 4.98 Å². The molecule has 32 heavy (non-hydrogen) atoms. The van der Waals surface area contributed by atoms with E-state index >= 15 is 0 Å².